The largest absolute Gasteiger partial charge is 0.378 e. The topological polar surface area (TPSA) is 105 Å². The van der Waals surface area contributed by atoms with E-state index < -0.39 is 0 Å². The van der Waals surface area contributed by atoms with Gasteiger partial charge < -0.3 is 15.0 Å². The van der Waals surface area contributed by atoms with Crippen molar-refractivity contribution >= 4 is 27.9 Å². The first-order valence-corrected chi connectivity index (χ1v) is 11.3. The molecule has 9 heteroatoms. The predicted molar refractivity (Wildman–Crippen MR) is 130 cm³/mol. The monoisotopic (exact) mass is 452 g/mol. The van der Waals surface area contributed by atoms with E-state index in [9.17, 15) is 0 Å². The highest BCUT2D eigenvalue weighted by Gasteiger charge is 2.20. The number of benzene rings is 2. The van der Waals surface area contributed by atoms with Crippen LogP contribution < -0.4 is 10.2 Å². The average Bonchev–Trinajstić information content (AvgIpc) is 3.38. The number of nitrogens with one attached hydrogen (secondary N) is 2. The Bertz CT molecular complexity index is 1410. The third-order valence-corrected chi connectivity index (χ3v) is 6.03. The fraction of sp³-hybridized carbons (Fsp3) is 0.240. The maximum Gasteiger partial charge on any atom is 0.226 e. The van der Waals surface area contributed by atoms with Crippen LogP contribution in [0.2, 0.25) is 0 Å². The zero-order valence-corrected chi connectivity index (χ0v) is 18.6. The Kier molecular flexibility index (Phi) is 5.54. The molecule has 0 amide bonds. The highest BCUT2D eigenvalue weighted by atomic mass is 16.5. The summed E-state index contributed by atoms with van der Waals surface area (Å²) in [4.78, 5) is 20.6. The van der Waals surface area contributed by atoms with E-state index in [2.05, 4.69) is 60.7 Å². The number of nitrogens with zero attached hydrogens (tertiary/aromatic N) is 6. The molecule has 34 heavy (non-hydrogen) atoms. The fourth-order valence-electron chi connectivity index (χ4n) is 4.34. The van der Waals surface area contributed by atoms with Gasteiger partial charge >= 0.3 is 0 Å². The lowest BCUT2D eigenvalue weighted by molar-refractivity contribution is 0.0786. The predicted octanol–water partition coefficient (Wildman–Crippen LogP) is 2.96. The molecule has 2 aromatic carbocycles. The summed E-state index contributed by atoms with van der Waals surface area (Å²) < 4.78 is 5.67. The van der Waals surface area contributed by atoms with Crippen LogP contribution in [0.5, 0.6) is 0 Å². The second-order valence-corrected chi connectivity index (χ2v) is 8.39. The van der Waals surface area contributed by atoms with Crippen LogP contribution in [0.1, 0.15) is 5.56 Å². The molecule has 170 valence electrons. The van der Waals surface area contributed by atoms with Gasteiger partial charge in [-0.2, -0.15) is 5.10 Å². The summed E-state index contributed by atoms with van der Waals surface area (Å²) >= 11 is 0. The van der Waals surface area contributed by atoms with Crippen LogP contribution >= 0.6 is 0 Å². The SMILES string of the molecule is c1ccc(CN(CC2COCCN2)c2ncc3cc(-c4ncnc5[nH]ncc45)ccc3n2)cc1. The fourth-order valence-corrected chi connectivity index (χ4v) is 4.34. The van der Waals surface area contributed by atoms with Gasteiger partial charge in [0.05, 0.1) is 36.0 Å². The number of ether oxygens (including phenoxy) is 1. The maximum absolute atomic E-state index is 5.67. The second-order valence-electron chi connectivity index (χ2n) is 8.39. The van der Waals surface area contributed by atoms with Gasteiger partial charge in [0.25, 0.3) is 0 Å². The van der Waals surface area contributed by atoms with Gasteiger partial charge in [0.2, 0.25) is 5.95 Å². The van der Waals surface area contributed by atoms with Crippen LogP contribution in [0, 0.1) is 0 Å². The normalized spacial score (nSPS) is 16.2. The van der Waals surface area contributed by atoms with Crippen molar-refractivity contribution in [3.63, 3.8) is 0 Å². The number of aromatic amines is 1. The summed E-state index contributed by atoms with van der Waals surface area (Å²) in [5.41, 5.74) is 4.62. The van der Waals surface area contributed by atoms with Gasteiger partial charge in [0.15, 0.2) is 5.65 Å². The molecule has 0 radical (unpaired) electrons. The van der Waals surface area contributed by atoms with E-state index in [1.807, 2.05) is 24.4 Å². The van der Waals surface area contributed by atoms with Gasteiger partial charge in [-0.15, -0.1) is 0 Å². The van der Waals surface area contributed by atoms with Crippen LogP contribution in [0.4, 0.5) is 5.95 Å². The first kappa shape index (κ1) is 20.6. The summed E-state index contributed by atoms with van der Waals surface area (Å²) in [5.74, 6) is 0.704. The van der Waals surface area contributed by atoms with Gasteiger partial charge in [-0.25, -0.2) is 19.9 Å². The lowest BCUT2D eigenvalue weighted by Crippen LogP contribution is -2.48. The Labute approximate surface area is 196 Å². The molecule has 1 aliphatic heterocycles. The number of morpholine rings is 1. The highest BCUT2D eigenvalue weighted by Crippen LogP contribution is 2.27. The molecule has 1 atom stereocenters. The summed E-state index contributed by atoms with van der Waals surface area (Å²) in [6.07, 6.45) is 5.18. The Balaban J connectivity index is 1.33. The molecule has 4 heterocycles. The summed E-state index contributed by atoms with van der Waals surface area (Å²) in [5, 5.41) is 12.4. The van der Waals surface area contributed by atoms with Crippen LogP contribution in [-0.2, 0) is 11.3 Å². The number of rotatable bonds is 6. The minimum atomic E-state index is 0.231. The molecule has 2 N–H and O–H groups in total. The quantitative estimate of drug-likeness (QED) is 0.405. The highest BCUT2D eigenvalue weighted by molar-refractivity contribution is 5.93. The number of hydrogen-bond donors (Lipinski definition) is 2. The molecule has 0 aliphatic carbocycles. The number of hydrogen-bond acceptors (Lipinski definition) is 8. The Morgan fingerprint density at radius 2 is 1.97 bits per heavy atom. The van der Waals surface area contributed by atoms with Crippen LogP contribution in [0.25, 0.3) is 33.2 Å². The van der Waals surface area contributed by atoms with E-state index in [0.29, 0.717) is 18.2 Å². The molecule has 0 spiro atoms. The zero-order chi connectivity index (χ0) is 22.7. The lowest BCUT2D eigenvalue weighted by atomic mass is 10.1. The van der Waals surface area contributed by atoms with E-state index in [1.54, 1.807) is 12.5 Å². The van der Waals surface area contributed by atoms with Crippen molar-refractivity contribution in [1.29, 1.82) is 0 Å². The molecular formula is C25H24N8O. The summed E-state index contributed by atoms with van der Waals surface area (Å²) in [6.45, 7) is 3.78. The molecule has 5 aromatic rings. The van der Waals surface area contributed by atoms with Crippen LogP contribution in [-0.4, -0.2) is 62.5 Å². The smallest absolute Gasteiger partial charge is 0.226 e. The van der Waals surface area contributed by atoms with Gasteiger partial charge in [0, 0.05) is 42.8 Å². The van der Waals surface area contributed by atoms with E-state index in [-0.39, 0.29) is 6.04 Å². The van der Waals surface area contributed by atoms with E-state index in [1.165, 1.54) is 5.56 Å². The molecule has 9 nitrogen and oxygen atoms in total. The Hall–Kier alpha value is -3.95. The molecule has 0 bridgehead atoms. The zero-order valence-electron chi connectivity index (χ0n) is 18.6. The van der Waals surface area contributed by atoms with E-state index in [4.69, 9.17) is 14.7 Å². The Morgan fingerprint density at radius 1 is 1.03 bits per heavy atom. The van der Waals surface area contributed by atoms with Gasteiger partial charge in [-0.3, -0.25) is 5.10 Å². The minimum Gasteiger partial charge on any atom is -0.378 e. The molecule has 1 fully saturated rings. The van der Waals surface area contributed by atoms with Gasteiger partial charge in [-0.1, -0.05) is 36.4 Å². The Morgan fingerprint density at radius 3 is 2.85 bits per heavy atom. The third kappa shape index (κ3) is 4.18. The maximum atomic E-state index is 5.67. The standard InChI is InChI=1S/C25H24N8O/c1-2-4-17(5-3-1)13-33(14-20-15-34-9-8-26-20)25-27-11-19-10-18(6-7-22(19)31-25)23-21-12-30-32-24(21)29-16-28-23/h1-7,10-12,16,20,26H,8-9,13-15H2,(H,28,29,30,32). The molecule has 1 unspecified atom stereocenters. The number of H-pyrrole nitrogens is 1. The minimum absolute atomic E-state index is 0.231. The van der Waals surface area contributed by atoms with Crippen molar-refractivity contribution in [3.05, 3.63) is 72.8 Å². The molecular weight excluding hydrogens is 428 g/mol. The first-order chi connectivity index (χ1) is 16.8. The molecule has 1 saturated heterocycles. The summed E-state index contributed by atoms with van der Waals surface area (Å²) in [7, 11) is 0. The van der Waals surface area contributed by atoms with Crippen LogP contribution in [0.15, 0.2) is 67.3 Å². The first-order valence-electron chi connectivity index (χ1n) is 11.3. The van der Waals surface area contributed by atoms with Crippen molar-refractivity contribution in [2.45, 2.75) is 12.6 Å². The van der Waals surface area contributed by atoms with Crippen molar-refractivity contribution in [2.75, 3.05) is 31.2 Å². The molecule has 6 rings (SSSR count). The third-order valence-electron chi connectivity index (χ3n) is 6.03. The summed E-state index contributed by atoms with van der Waals surface area (Å²) in [6, 6.07) is 16.8. The van der Waals surface area contributed by atoms with Gasteiger partial charge in [0.1, 0.15) is 6.33 Å². The average molecular weight is 453 g/mol. The van der Waals surface area contributed by atoms with Gasteiger partial charge in [-0.05, 0) is 17.7 Å². The number of aromatic nitrogens is 6. The van der Waals surface area contributed by atoms with Crippen molar-refractivity contribution < 1.29 is 4.74 Å². The number of fused-ring (bicyclic) bond motifs is 2. The van der Waals surface area contributed by atoms with Crippen molar-refractivity contribution in [1.82, 2.24) is 35.5 Å². The second kappa shape index (κ2) is 9.12. The van der Waals surface area contributed by atoms with E-state index >= 15 is 0 Å². The number of anilines is 1. The molecule has 1 aliphatic rings. The van der Waals surface area contributed by atoms with Crippen molar-refractivity contribution in [3.8, 4) is 11.3 Å². The lowest BCUT2D eigenvalue weighted by Gasteiger charge is -2.30. The van der Waals surface area contributed by atoms with Crippen LogP contribution in [0.3, 0.4) is 0 Å². The van der Waals surface area contributed by atoms with E-state index in [0.717, 1.165) is 53.8 Å². The van der Waals surface area contributed by atoms with Crippen molar-refractivity contribution in [2.24, 2.45) is 0 Å². The molecule has 3 aromatic heterocycles. The molecule has 0 saturated carbocycles.